The molecule has 0 saturated carbocycles. The summed E-state index contributed by atoms with van der Waals surface area (Å²) in [7, 11) is 0. The molecule has 0 aromatic heterocycles. The van der Waals surface area contributed by atoms with Crippen molar-refractivity contribution in [3.05, 3.63) is 53.6 Å². The molecular formula is C26H35N3O4. The van der Waals surface area contributed by atoms with Crippen molar-refractivity contribution in [1.82, 2.24) is 4.90 Å². The Morgan fingerprint density at radius 3 is 2.45 bits per heavy atom. The van der Waals surface area contributed by atoms with Crippen LogP contribution in [0.1, 0.15) is 54.3 Å². The summed E-state index contributed by atoms with van der Waals surface area (Å²) >= 11 is 0. The van der Waals surface area contributed by atoms with Gasteiger partial charge in [-0.15, -0.1) is 0 Å². The highest BCUT2D eigenvalue weighted by atomic mass is 16.5. The largest absolute Gasteiger partial charge is 0.494 e. The van der Waals surface area contributed by atoms with Gasteiger partial charge in [-0.1, -0.05) is 26.3 Å². The highest BCUT2D eigenvalue weighted by Gasteiger charge is 2.21. The van der Waals surface area contributed by atoms with Crippen molar-refractivity contribution in [2.24, 2.45) is 0 Å². The predicted octanol–water partition coefficient (Wildman–Crippen LogP) is 4.44. The predicted molar refractivity (Wildman–Crippen MR) is 132 cm³/mol. The third-order valence-corrected chi connectivity index (χ3v) is 5.78. The van der Waals surface area contributed by atoms with Gasteiger partial charge in [-0.2, -0.15) is 0 Å². The summed E-state index contributed by atoms with van der Waals surface area (Å²) in [6.45, 7) is 11.6. The maximum Gasteiger partial charge on any atom is 0.338 e. The second kappa shape index (κ2) is 12.3. The lowest BCUT2D eigenvalue weighted by molar-refractivity contribution is 0.0526. The van der Waals surface area contributed by atoms with Crippen LogP contribution in [0.2, 0.25) is 0 Å². The Morgan fingerprint density at radius 1 is 0.970 bits per heavy atom. The van der Waals surface area contributed by atoms with E-state index in [0.29, 0.717) is 35.8 Å². The SMILES string of the molecule is CCCCOc1cccc(C(=O)Nc2cc(C(=O)OCC)ccc2N2CCN(CC)CC2)c1. The number of benzene rings is 2. The van der Waals surface area contributed by atoms with Crippen LogP contribution >= 0.6 is 0 Å². The number of unbranched alkanes of at least 4 members (excludes halogenated alkanes) is 1. The van der Waals surface area contributed by atoms with Crippen LogP contribution in [0.25, 0.3) is 0 Å². The van der Waals surface area contributed by atoms with Crippen LogP contribution in [-0.4, -0.2) is 62.7 Å². The van der Waals surface area contributed by atoms with Gasteiger partial charge >= 0.3 is 5.97 Å². The van der Waals surface area contributed by atoms with Crippen molar-refractivity contribution in [2.45, 2.75) is 33.6 Å². The van der Waals surface area contributed by atoms with Crippen molar-refractivity contribution in [1.29, 1.82) is 0 Å². The summed E-state index contributed by atoms with van der Waals surface area (Å²) in [4.78, 5) is 30.1. The van der Waals surface area contributed by atoms with Crippen LogP contribution in [0, 0.1) is 0 Å². The maximum atomic E-state index is 13.1. The van der Waals surface area contributed by atoms with Crippen LogP contribution in [-0.2, 0) is 4.74 Å². The first-order chi connectivity index (χ1) is 16.0. The minimum atomic E-state index is -0.401. The number of carbonyl (C=O) groups is 2. The van der Waals surface area contributed by atoms with Crippen LogP contribution < -0.4 is 15.0 Å². The van der Waals surface area contributed by atoms with Crippen molar-refractivity contribution < 1.29 is 19.1 Å². The van der Waals surface area contributed by atoms with Gasteiger partial charge in [-0.3, -0.25) is 4.79 Å². The van der Waals surface area contributed by atoms with E-state index in [0.717, 1.165) is 51.3 Å². The lowest BCUT2D eigenvalue weighted by atomic mass is 10.1. The molecule has 7 nitrogen and oxygen atoms in total. The zero-order chi connectivity index (χ0) is 23.6. The lowest BCUT2D eigenvalue weighted by Crippen LogP contribution is -2.46. The second-order valence-electron chi connectivity index (χ2n) is 8.06. The first kappa shape index (κ1) is 24.6. The zero-order valence-corrected chi connectivity index (χ0v) is 19.9. The van der Waals surface area contributed by atoms with E-state index >= 15 is 0 Å². The highest BCUT2D eigenvalue weighted by Crippen LogP contribution is 2.29. The first-order valence-corrected chi connectivity index (χ1v) is 11.9. The van der Waals surface area contributed by atoms with Crippen molar-refractivity contribution in [3.8, 4) is 5.75 Å². The van der Waals surface area contributed by atoms with Gasteiger partial charge in [-0.05, 0) is 56.3 Å². The molecule has 0 spiro atoms. The number of ether oxygens (including phenoxy) is 2. The zero-order valence-electron chi connectivity index (χ0n) is 19.9. The molecule has 1 fully saturated rings. The lowest BCUT2D eigenvalue weighted by Gasteiger charge is -2.36. The van der Waals surface area contributed by atoms with Gasteiger partial charge in [0.15, 0.2) is 0 Å². The minimum Gasteiger partial charge on any atom is -0.494 e. The molecule has 1 amide bonds. The summed E-state index contributed by atoms with van der Waals surface area (Å²) in [5.41, 5.74) is 2.43. The normalized spacial score (nSPS) is 14.1. The van der Waals surface area contributed by atoms with E-state index in [-0.39, 0.29) is 5.91 Å². The Hall–Kier alpha value is -3.06. The number of esters is 1. The van der Waals surface area contributed by atoms with E-state index in [1.807, 2.05) is 18.2 Å². The van der Waals surface area contributed by atoms with Gasteiger partial charge in [-0.25, -0.2) is 4.79 Å². The van der Waals surface area contributed by atoms with Crippen molar-refractivity contribution in [3.63, 3.8) is 0 Å². The Bertz CT molecular complexity index is 939. The van der Waals surface area contributed by atoms with E-state index in [2.05, 4.69) is 29.0 Å². The van der Waals surface area contributed by atoms with Crippen LogP contribution in [0.5, 0.6) is 5.75 Å². The Balaban J connectivity index is 1.83. The van der Waals surface area contributed by atoms with E-state index in [1.165, 1.54) is 0 Å². The summed E-state index contributed by atoms with van der Waals surface area (Å²) in [5, 5.41) is 3.02. The van der Waals surface area contributed by atoms with Crippen molar-refractivity contribution >= 4 is 23.3 Å². The topological polar surface area (TPSA) is 71.1 Å². The number of nitrogens with zero attached hydrogens (tertiary/aromatic N) is 2. The number of hydrogen-bond acceptors (Lipinski definition) is 6. The molecule has 7 heteroatoms. The van der Waals surface area contributed by atoms with Gasteiger partial charge in [0, 0.05) is 31.7 Å². The van der Waals surface area contributed by atoms with Crippen molar-refractivity contribution in [2.75, 3.05) is 56.2 Å². The number of nitrogens with one attached hydrogen (secondary N) is 1. The van der Waals surface area contributed by atoms with Gasteiger partial charge < -0.3 is 24.6 Å². The molecule has 1 heterocycles. The first-order valence-electron chi connectivity index (χ1n) is 11.9. The average Bonchev–Trinajstić information content (AvgIpc) is 2.84. The second-order valence-corrected chi connectivity index (χ2v) is 8.06. The van der Waals surface area contributed by atoms with E-state index < -0.39 is 5.97 Å². The van der Waals surface area contributed by atoms with E-state index in [9.17, 15) is 9.59 Å². The monoisotopic (exact) mass is 453 g/mol. The summed E-state index contributed by atoms with van der Waals surface area (Å²) in [6, 6.07) is 12.5. The summed E-state index contributed by atoms with van der Waals surface area (Å²) < 4.78 is 10.9. The Labute approximate surface area is 196 Å². The number of likely N-dealkylation sites (N-methyl/N-ethyl adjacent to an activating group) is 1. The number of rotatable bonds is 10. The molecule has 1 saturated heterocycles. The fraction of sp³-hybridized carbons (Fsp3) is 0.462. The molecule has 1 aliphatic rings. The fourth-order valence-electron chi connectivity index (χ4n) is 3.81. The summed E-state index contributed by atoms with van der Waals surface area (Å²) in [6.07, 6.45) is 2.01. The molecule has 2 aromatic rings. The van der Waals surface area contributed by atoms with E-state index in [4.69, 9.17) is 9.47 Å². The molecule has 2 aromatic carbocycles. The highest BCUT2D eigenvalue weighted by molar-refractivity contribution is 6.07. The number of amides is 1. The summed E-state index contributed by atoms with van der Waals surface area (Å²) in [5.74, 6) is 0.0272. The van der Waals surface area contributed by atoms with Gasteiger partial charge in [0.2, 0.25) is 0 Å². The molecule has 1 N–H and O–H groups in total. The van der Waals surface area contributed by atoms with Crippen LogP contribution in [0.4, 0.5) is 11.4 Å². The standard InChI is InChI=1S/C26H35N3O4/c1-4-7-17-33-22-10-8-9-20(18-22)25(30)27-23-19-21(26(31)32-6-3)11-12-24(23)29-15-13-28(5-2)14-16-29/h8-12,18-19H,4-7,13-17H2,1-3H3,(H,27,30). The number of carbonyl (C=O) groups excluding carboxylic acids is 2. The molecule has 0 radical (unpaired) electrons. The Morgan fingerprint density at radius 2 is 1.76 bits per heavy atom. The molecule has 178 valence electrons. The fourth-order valence-corrected chi connectivity index (χ4v) is 3.81. The quantitative estimate of drug-likeness (QED) is 0.424. The van der Waals surface area contributed by atoms with Crippen LogP contribution in [0.15, 0.2) is 42.5 Å². The molecule has 0 unspecified atom stereocenters. The van der Waals surface area contributed by atoms with E-state index in [1.54, 1.807) is 31.2 Å². The van der Waals surface area contributed by atoms with Crippen LogP contribution in [0.3, 0.4) is 0 Å². The number of anilines is 2. The van der Waals surface area contributed by atoms with Gasteiger partial charge in [0.25, 0.3) is 5.91 Å². The molecule has 0 bridgehead atoms. The minimum absolute atomic E-state index is 0.245. The average molecular weight is 454 g/mol. The smallest absolute Gasteiger partial charge is 0.338 e. The molecule has 3 rings (SSSR count). The number of hydrogen-bond donors (Lipinski definition) is 1. The molecule has 0 atom stereocenters. The molecular weight excluding hydrogens is 418 g/mol. The molecule has 33 heavy (non-hydrogen) atoms. The maximum absolute atomic E-state index is 13.1. The number of piperazine rings is 1. The molecule has 0 aliphatic carbocycles. The third kappa shape index (κ3) is 6.71. The third-order valence-electron chi connectivity index (χ3n) is 5.78. The van der Waals surface area contributed by atoms with Gasteiger partial charge in [0.1, 0.15) is 5.75 Å². The Kier molecular flexibility index (Phi) is 9.13. The molecule has 1 aliphatic heterocycles. The van der Waals surface area contributed by atoms with Gasteiger partial charge in [0.05, 0.1) is 30.2 Å².